The molecule has 44 heavy (non-hydrogen) atoms. The van der Waals surface area contributed by atoms with Gasteiger partial charge in [-0.2, -0.15) is 5.26 Å². The molecular formula is C31H21F4N5O4. The van der Waals surface area contributed by atoms with E-state index in [1.807, 2.05) is 6.07 Å². The Bertz CT molecular complexity index is 1950. The van der Waals surface area contributed by atoms with Crippen molar-refractivity contribution in [3.05, 3.63) is 106 Å². The van der Waals surface area contributed by atoms with Gasteiger partial charge < -0.3 is 19.1 Å². The van der Waals surface area contributed by atoms with Crippen molar-refractivity contribution in [3.63, 3.8) is 0 Å². The van der Waals surface area contributed by atoms with Gasteiger partial charge in [0.05, 0.1) is 23.7 Å². The summed E-state index contributed by atoms with van der Waals surface area (Å²) in [5.41, 5.74) is -0.436. The van der Waals surface area contributed by atoms with Crippen molar-refractivity contribution in [3.8, 4) is 23.2 Å². The molecule has 4 heterocycles. The second kappa shape index (κ2) is 11.7. The zero-order valence-corrected chi connectivity index (χ0v) is 22.7. The maximum atomic E-state index is 15.4. The molecule has 3 aromatic heterocycles. The fourth-order valence-electron chi connectivity index (χ4n) is 4.83. The Morgan fingerprint density at radius 1 is 1.05 bits per heavy atom. The minimum absolute atomic E-state index is 0.0198. The van der Waals surface area contributed by atoms with Crippen molar-refractivity contribution < 1.29 is 36.9 Å². The van der Waals surface area contributed by atoms with Gasteiger partial charge in [-0.3, -0.25) is 0 Å². The van der Waals surface area contributed by atoms with Crippen molar-refractivity contribution in [2.24, 2.45) is 0 Å². The number of carbonyl (C=O) groups is 1. The molecule has 13 heteroatoms. The molecule has 5 aromatic rings. The standard InChI is InChI=1S/C31H21F4N5O4/c32-22-3-4-28(44-15-16-1-2-19(12-36)37-13-16)39-29(22)21-11-23(33)17(7-24(21)34)10-27-38-30-25(35)8-18(31(41)42)9-26(30)40(27)14-20-5-6-43-20/h1-4,7-9,11,13,20H,5-6,10,14-15H2,(H,41,42)/t20-/m0/s1. The average Bonchev–Trinajstić information content (AvgIpc) is 3.33. The first-order valence-electron chi connectivity index (χ1n) is 13.4. The zero-order chi connectivity index (χ0) is 31.0. The molecule has 1 atom stereocenters. The van der Waals surface area contributed by atoms with E-state index in [0.717, 1.165) is 24.3 Å². The topological polar surface area (TPSA) is 123 Å². The molecule has 1 N–H and O–H groups in total. The number of nitriles is 1. The third-order valence-corrected chi connectivity index (χ3v) is 7.20. The molecule has 9 nitrogen and oxygen atoms in total. The first-order valence-corrected chi connectivity index (χ1v) is 13.4. The van der Waals surface area contributed by atoms with Crippen LogP contribution in [0.3, 0.4) is 0 Å². The largest absolute Gasteiger partial charge is 0.478 e. The highest BCUT2D eigenvalue weighted by molar-refractivity contribution is 5.92. The number of benzene rings is 2. The van der Waals surface area contributed by atoms with Crippen LogP contribution in [0.1, 0.15) is 39.4 Å². The maximum Gasteiger partial charge on any atom is 0.335 e. The summed E-state index contributed by atoms with van der Waals surface area (Å²) in [6, 6.07) is 11.1. The van der Waals surface area contributed by atoms with Crippen LogP contribution in [0.5, 0.6) is 5.88 Å². The number of halogens is 4. The van der Waals surface area contributed by atoms with E-state index in [1.165, 1.54) is 24.4 Å². The molecule has 1 fully saturated rings. The third-order valence-electron chi connectivity index (χ3n) is 7.20. The predicted molar refractivity (Wildman–Crippen MR) is 147 cm³/mol. The number of hydrogen-bond donors (Lipinski definition) is 1. The van der Waals surface area contributed by atoms with Crippen molar-refractivity contribution >= 4 is 17.0 Å². The number of carboxylic acids is 1. The highest BCUT2D eigenvalue weighted by Gasteiger charge is 2.25. The molecule has 1 aliphatic heterocycles. The normalized spacial score (nSPS) is 14.3. The van der Waals surface area contributed by atoms with Crippen LogP contribution in [0.25, 0.3) is 22.3 Å². The number of carboxylic acid groups (broad SMARTS) is 1. The van der Waals surface area contributed by atoms with Gasteiger partial charge in [-0.15, -0.1) is 0 Å². The smallest absolute Gasteiger partial charge is 0.335 e. The lowest BCUT2D eigenvalue weighted by atomic mass is 10.0. The van der Waals surface area contributed by atoms with Gasteiger partial charge in [0, 0.05) is 36.4 Å². The number of ether oxygens (including phenoxy) is 2. The molecule has 1 saturated heterocycles. The van der Waals surface area contributed by atoms with E-state index in [2.05, 4.69) is 15.0 Å². The van der Waals surface area contributed by atoms with Gasteiger partial charge in [0.15, 0.2) is 5.82 Å². The monoisotopic (exact) mass is 603 g/mol. The van der Waals surface area contributed by atoms with Crippen LogP contribution in [0.2, 0.25) is 0 Å². The molecule has 0 radical (unpaired) electrons. The second-order valence-electron chi connectivity index (χ2n) is 10.1. The highest BCUT2D eigenvalue weighted by atomic mass is 19.1. The molecular weight excluding hydrogens is 582 g/mol. The van der Waals surface area contributed by atoms with E-state index in [-0.39, 0.29) is 65.2 Å². The van der Waals surface area contributed by atoms with Gasteiger partial charge in [-0.05, 0) is 48.4 Å². The number of nitrogens with zero attached hydrogens (tertiary/aromatic N) is 5. The lowest BCUT2D eigenvalue weighted by Crippen LogP contribution is -2.31. The molecule has 0 spiro atoms. The number of rotatable bonds is 9. The van der Waals surface area contributed by atoms with Crippen molar-refractivity contribution in [1.82, 2.24) is 19.5 Å². The van der Waals surface area contributed by atoms with Crippen LogP contribution < -0.4 is 4.74 Å². The van der Waals surface area contributed by atoms with E-state index < -0.39 is 40.5 Å². The minimum atomic E-state index is -1.33. The molecule has 0 aliphatic carbocycles. The van der Waals surface area contributed by atoms with Crippen LogP contribution in [-0.2, 0) is 24.3 Å². The molecule has 0 amide bonds. The lowest BCUT2D eigenvalue weighted by molar-refractivity contribution is -0.0589. The highest BCUT2D eigenvalue weighted by Crippen LogP contribution is 2.31. The summed E-state index contributed by atoms with van der Waals surface area (Å²) in [7, 11) is 0. The van der Waals surface area contributed by atoms with Crippen molar-refractivity contribution in [2.75, 3.05) is 6.61 Å². The maximum absolute atomic E-state index is 15.4. The average molecular weight is 604 g/mol. The van der Waals surface area contributed by atoms with Gasteiger partial charge in [0.1, 0.15) is 52.9 Å². The Hall–Kier alpha value is -5.35. The van der Waals surface area contributed by atoms with Crippen LogP contribution in [-0.4, -0.2) is 43.3 Å². The van der Waals surface area contributed by atoms with E-state index in [0.29, 0.717) is 18.6 Å². The number of hydrogen-bond acceptors (Lipinski definition) is 7. The van der Waals surface area contributed by atoms with Crippen molar-refractivity contribution in [2.45, 2.75) is 32.1 Å². The summed E-state index contributed by atoms with van der Waals surface area (Å²) >= 11 is 0. The lowest BCUT2D eigenvalue weighted by Gasteiger charge is -2.27. The van der Waals surface area contributed by atoms with Crippen LogP contribution >= 0.6 is 0 Å². The second-order valence-corrected chi connectivity index (χ2v) is 10.1. The third kappa shape index (κ3) is 5.67. The number of aromatic carboxylic acids is 1. The Morgan fingerprint density at radius 2 is 1.86 bits per heavy atom. The Balaban J connectivity index is 1.30. The first kappa shape index (κ1) is 28.8. The molecule has 0 saturated carbocycles. The summed E-state index contributed by atoms with van der Waals surface area (Å²) in [6.45, 7) is 0.719. The number of pyridine rings is 2. The number of fused-ring (bicyclic) bond motifs is 1. The van der Waals surface area contributed by atoms with Gasteiger partial charge in [-0.25, -0.2) is 37.3 Å². The molecule has 2 aromatic carbocycles. The van der Waals surface area contributed by atoms with Gasteiger partial charge in [0.25, 0.3) is 0 Å². The zero-order valence-electron chi connectivity index (χ0n) is 22.7. The van der Waals surface area contributed by atoms with Gasteiger partial charge >= 0.3 is 5.97 Å². The fourth-order valence-corrected chi connectivity index (χ4v) is 4.83. The Morgan fingerprint density at radius 3 is 2.55 bits per heavy atom. The van der Waals surface area contributed by atoms with E-state index in [1.54, 1.807) is 10.6 Å². The Kier molecular flexibility index (Phi) is 7.67. The van der Waals surface area contributed by atoms with Gasteiger partial charge in [0.2, 0.25) is 5.88 Å². The van der Waals surface area contributed by atoms with E-state index >= 15 is 8.78 Å². The number of imidazole rings is 1. The molecule has 6 rings (SSSR count). The quantitative estimate of drug-likeness (QED) is 0.217. The van der Waals surface area contributed by atoms with Crippen molar-refractivity contribution in [1.29, 1.82) is 5.26 Å². The van der Waals surface area contributed by atoms with Gasteiger partial charge in [-0.1, -0.05) is 6.07 Å². The van der Waals surface area contributed by atoms with Crippen LogP contribution in [0, 0.1) is 34.6 Å². The summed E-state index contributed by atoms with van der Waals surface area (Å²) in [6.07, 6.45) is 1.64. The Labute approximate surface area is 247 Å². The predicted octanol–water partition coefficient (Wildman–Crippen LogP) is 5.58. The van der Waals surface area contributed by atoms with E-state index in [9.17, 15) is 18.7 Å². The summed E-state index contributed by atoms with van der Waals surface area (Å²) < 4.78 is 73.1. The molecule has 222 valence electrons. The fraction of sp³-hybridized carbons (Fsp3) is 0.194. The summed E-state index contributed by atoms with van der Waals surface area (Å²) in [5.74, 6) is -4.84. The number of aromatic nitrogens is 4. The molecule has 0 unspecified atom stereocenters. The minimum Gasteiger partial charge on any atom is -0.478 e. The molecule has 0 bridgehead atoms. The first-order chi connectivity index (χ1) is 21.2. The van der Waals surface area contributed by atoms with Crippen LogP contribution in [0.4, 0.5) is 17.6 Å². The molecule has 1 aliphatic rings. The SMILES string of the molecule is N#Cc1ccc(COc2ccc(F)c(-c3cc(F)c(Cc4nc5c(F)cc(C(=O)O)cc5n4C[C@@H]4CCO4)cc3F)n2)cn1. The summed E-state index contributed by atoms with van der Waals surface area (Å²) in [5, 5.41) is 18.3. The van der Waals surface area contributed by atoms with E-state index in [4.69, 9.17) is 14.7 Å². The van der Waals surface area contributed by atoms with Crippen LogP contribution in [0.15, 0.2) is 54.7 Å². The summed E-state index contributed by atoms with van der Waals surface area (Å²) in [4.78, 5) is 23.8.